The number of nitrogens with one attached hydrogen (secondary N) is 2. The lowest BCUT2D eigenvalue weighted by molar-refractivity contribution is -0.128. The zero-order valence-electron chi connectivity index (χ0n) is 13.8. The molecule has 130 valence electrons. The second-order valence-corrected chi connectivity index (χ2v) is 7.10. The minimum atomic E-state index is -0.586. The van der Waals surface area contributed by atoms with Gasteiger partial charge in [-0.1, -0.05) is 18.6 Å². The second kappa shape index (κ2) is 7.21. The van der Waals surface area contributed by atoms with Crippen LogP contribution >= 0.6 is 0 Å². The summed E-state index contributed by atoms with van der Waals surface area (Å²) in [6.07, 6.45) is 5.42. The zero-order valence-corrected chi connectivity index (χ0v) is 13.8. The Balaban J connectivity index is 1.51. The highest BCUT2D eigenvalue weighted by Crippen LogP contribution is 2.41. The van der Waals surface area contributed by atoms with E-state index in [-0.39, 0.29) is 17.9 Å². The molecule has 2 fully saturated rings. The Kier molecular flexibility index (Phi) is 5.04. The molecule has 2 unspecified atom stereocenters. The third kappa shape index (κ3) is 3.87. The Labute approximate surface area is 142 Å². The second-order valence-electron chi connectivity index (χ2n) is 7.10. The number of amides is 3. The number of carbonyl (C=O) groups excluding carboxylic acids is 2. The van der Waals surface area contributed by atoms with Gasteiger partial charge in [0, 0.05) is 24.2 Å². The molecule has 2 atom stereocenters. The molecule has 0 radical (unpaired) electrons. The van der Waals surface area contributed by atoms with E-state index in [0.29, 0.717) is 24.1 Å². The molecule has 0 heterocycles. The van der Waals surface area contributed by atoms with E-state index in [0.717, 1.165) is 31.2 Å². The van der Waals surface area contributed by atoms with Gasteiger partial charge in [-0.15, -0.1) is 0 Å². The summed E-state index contributed by atoms with van der Waals surface area (Å²) in [5, 5.41) is 5.56. The lowest BCUT2D eigenvalue weighted by Crippen LogP contribution is -2.49. The van der Waals surface area contributed by atoms with Crippen LogP contribution in [0.1, 0.15) is 37.7 Å². The van der Waals surface area contributed by atoms with Crippen molar-refractivity contribution in [3.63, 3.8) is 0 Å². The van der Waals surface area contributed by atoms with Gasteiger partial charge < -0.3 is 22.1 Å². The molecule has 3 amide bonds. The summed E-state index contributed by atoms with van der Waals surface area (Å²) in [6, 6.07) is 6.99. The highest BCUT2D eigenvalue weighted by Gasteiger charge is 2.40. The maximum absolute atomic E-state index is 12.5. The van der Waals surface area contributed by atoms with E-state index in [9.17, 15) is 9.59 Å². The van der Waals surface area contributed by atoms with E-state index in [1.165, 1.54) is 6.42 Å². The maximum Gasteiger partial charge on any atom is 0.316 e. The van der Waals surface area contributed by atoms with Crippen molar-refractivity contribution in [1.82, 2.24) is 5.32 Å². The number of hydrogen-bond acceptors (Lipinski definition) is 3. The van der Waals surface area contributed by atoms with Gasteiger partial charge in [0.05, 0.1) is 0 Å². The predicted molar refractivity (Wildman–Crippen MR) is 93.0 cm³/mol. The minimum Gasteiger partial charge on any atom is -0.352 e. The van der Waals surface area contributed by atoms with Crippen LogP contribution < -0.4 is 22.1 Å². The summed E-state index contributed by atoms with van der Waals surface area (Å²) in [7, 11) is 0. The van der Waals surface area contributed by atoms with Crippen LogP contribution in [0.5, 0.6) is 0 Å². The average molecular weight is 330 g/mol. The summed E-state index contributed by atoms with van der Waals surface area (Å²) in [6.45, 7) is 0.494. The molecular weight excluding hydrogens is 304 g/mol. The number of fused-ring (bicyclic) bond motifs is 2. The number of primary amides is 1. The van der Waals surface area contributed by atoms with Crippen LogP contribution in [-0.4, -0.2) is 18.0 Å². The Morgan fingerprint density at radius 1 is 1.08 bits per heavy atom. The van der Waals surface area contributed by atoms with E-state index >= 15 is 0 Å². The van der Waals surface area contributed by atoms with Crippen LogP contribution in [0.2, 0.25) is 0 Å². The first-order valence-electron chi connectivity index (χ1n) is 8.71. The quantitative estimate of drug-likeness (QED) is 0.677. The molecule has 6 heteroatoms. The van der Waals surface area contributed by atoms with Crippen LogP contribution in [0, 0.1) is 17.8 Å². The van der Waals surface area contributed by atoms with Crippen LogP contribution in [0.4, 0.5) is 10.5 Å². The lowest BCUT2D eigenvalue weighted by atomic mass is 9.65. The van der Waals surface area contributed by atoms with Gasteiger partial charge in [0.1, 0.15) is 0 Å². The van der Waals surface area contributed by atoms with Crippen molar-refractivity contribution in [2.45, 2.75) is 44.7 Å². The number of anilines is 1. The molecule has 24 heavy (non-hydrogen) atoms. The van der Waals surface area contributed by atoms with Crippen molar-refractivity contribution in [1.29, 1.82) is 0 Å². The summed E-state index contributed by atoms with van der Waals surface area (Å²) >= 11 is 0. The molecule has 0 aliphatic heterocycles. The molecule has 2 bridgehead atoms. The Bertz CT molecular complexity index is 588. The third-order valence-corrected chi connectivity index (χ3v) is 5.47. The summed E-state index contributed by atoms with van der Waals surface area (Å²) in [5.74, 6) is 1.24. The monoisotopic (exact) mass is 330 g/mol. The van der Waals surface area contributed by atoms with Gasteiger partial charge in [-0.05, 0) is 55.2 Å². The van der Waals surface area contributed by atoms with Crippen LogP contribution in [0.25, 0.3) is 0 Å². The summed E-state index contributed by atoms with van der Waals surface area (Å²) in [5.41, 5.74) is 13.0. The first kappa shape index (κ1) is 16.8. The number of carbonyl (C=O) groups is 2. The van der Waals surface area contributed by atoms with Gasteiger partial charge in [0.25, 0.3) is 0 Å². The molecule has 0 spiro atoms. The molecule has 1 aromatic carbocycles. The number of nitrogens with two attached hydrogens (primary N) is 2. The first-order chi connectivity index (χ1) is 11.5. The van der Waals surface area contributed by atoms with Crippen molar-refractivity contribution in [2.75, 3.05) is 5.32 Å². The highest BCUT2D eigenvalue weighted by molar-refractivity contribution is 5.87. The molecule has 2 aliphatic rings. The fourth-order valence-corrected chi connectivity index (χ4v) is 4.18. The minimum absolute atomic E-state index is 0.0934. The average Bonchev–Trinajstić information content (AvgIpc) is 2.53. The fourth-order valence-electron chi connectivity index (χ4n) is 4.18. The van der Waals surface area contributed by atoms with Crippen molar-refractivity contribution >= 4 is 17.6 Å². The number of rotatable bonds is 4. The van der Waals surface area contributed by atoms with Gasteiger partial charge in [-0.3, -0.25) is 4.79 Å². The van der Waals surface area contributed by atoms with E-state index in [1.807, 2.05) is 12.1 Å². The maximum atomic E-state index is 12.5. The number of benzene rings is 1. The van der Waals surface area contributed by atoms with Gasteiger partial charge in [0.2, 0.25) is 5.91 Å². The Hall–Kier alpha value is -2.08. The van der Waals surface area contributed by atoms with Crippen LogP contribution in [0.3, 0.4) is 0 Å². The summed E-state index contributed by atoms with van der Waals surface area (Å²) in [4.78, 5) is 23.3. The van der Waals surface area contributed by atoms with Gasteiger partial charge in [0.15, 0.2) is 0 Å². The van der Waals surface area contributed by atoms with Crippen LogP contribution in [-0.2, 0) is 11.3 Å². The molecule has 6 N–H and O–H groups in total. The predicted octanol–water partition coefficient (Wildman–Crippen LogP) is 1.95. The molecular formula is C18H26N4O2. The molecule has 3 rings (SSSR count). The number of urea groups is 1. The van der Waals surface area contributed by atoms with Crippen molar-refractivity contribution < 1.29 is 9.59 Å². The Morgan fingerprint density at radius 3 is 2.29 bits per heavy atom. The first-order valence-corrected chi connectivity index (χ1v) is 8.71. The highest BCUT2D eigenvalue weighted by atomic mass is 16.2. The zero-order chi connectivity index (χ0) is 17.1. The number of hydrogen-bond donors (Lipinski definition) is 4. The normalized spacial score (nSPS) is 28.9. The lowest BCUT2D eigenvalue weighted by Gasteiger charge is -2.43. The van der Waals surface area contributed by atoms with Crippen LogP contribution in [0.15, 0.2) is 24.3 Å². The molecule has 2 aliphatic carbocycles. The van der Waals surface area contributed by atoms with E-state index < -0.39 is 6.03 Å². The molecule has 1 aromatic rings. The van der Waals surface area contributed by atoms with Gasteiger partial charge in [-0.25, -0.2) is 4.79 Å². The molecule has 0 aromatic heterocycles. The van der Waals surface area contributed by atoms with Gasteiger partial charge in [-0.2, -0.15) is 0 Å². The van der Waals surface area contributed by atoms with E-state index in [1.54, 1.807) is 12.1 Å². The van der Waals surface area contributed by atoms with E-state index in [4.69, 9.17) is 11.5 Å². The summed E-state index contributed by atoms with van der Waals surface area (Å²) < 4.78 is 0. The van der Waals surface area contributed by atoms with Crippen molar-refractivity contribution in [2.24, 2.45) is 29.2 Å². The Morgan fingerprint density at radius 2 is 1.71 bits per heavy atom. The van der Waals surface area contributed by atoms with Gasteiger partial charge >= 0.3 is 6.03 Å². The van der Waals surface area contributed by atoms with E-state index in [2.05, 4.69) is 10.6 Å². The standard InChI is InChI=1S/C18H26N4O2/c19-16-12-2-1-3-13(16)9-14(8-12)17(23)21-10-11-4-6-15(7-5-11)22-18(20)24/h4-7,12-14,16H,1-3,8-10,19H2,(H,21,23)(H3,20,22,24). The molecule has 2 saturated carbocycles. The van der Waals surface area contributed by atoms with Crippen molar-refractivity contribution in [3.8, 4) is 0 Å². The third-order valence-electron chi connectivity index (χ3n) is 5.47. The fraction of sp³-hybridized carbons (Fsp3) is 0.556. The SMILES string of the molecule is NC(=O)Nc1ccc(CNC(=O)C2CC3CCCC(C2)C3N)cc1. The smallest absolute Gasteiger partial charge is 0.316 e. The molecule has 0 saturated heterocycles. The largest absolute Gasteiger partial charge is 0.352 e. The molecule has 6 nitrogen and oxygen atoms in total. The topological polar surface area (TPSA) is 110 Å². The van der Waals surface area contributed by atoms with Crippen molar-refractivity contribution in [3.05, 3.63) is 29.8 Å².